The van der Waals surface area contributed by atoms with Gasteiger partial charge in [-0.25, -0.2) is 4.98 Å². The lowest BCUT2D eigenvalue weighted by Gasteiger charge is -2.43. The fourth-order valence-corrected chi connectivity index (χ4v) is 4.03. The van der Waals surface area contributed by atoms with Crippen molar-refractivity contribution in [2.75, 3.05) is 32.8 Å². The van der Waals surface area contributed by atoms with Crippen LogP contribution in [0.5, 0.6) is 0 Å². The SMILES string of the molecule is CC[C@](C)(CNC(=O)Cn1c(SC(F)F)nc2ccccc21)N1CCOCC1. The number of rotatable bonds is 8. The van der Waals surface area contributed by atoms with Crippen molar-refractivity contribution in [3.63, 3.8) is 0 Å². The molecular formula is C19H26F2N4O2S. The molecule has 0 radical (unpaired) electrons. The summed E-state index contributed by atoms with van der Waals surface area (Å²) in [6.45, 7) is 7.73. The quantitative estimate of drug-likeness (QED) is 0.676. The number of para-hydroxylation sites is 2. The first-order chi connectivity index (χ1) is 13.4. The third kappa shape index (κ3) is 4.82. The van der Waals surface area contributed by atoms with E-state index in [4.69, 9.17) is 4.74 Å². The number of hydrogen-bond donors (Lipinski definition) is 1. The molecule has 1 aliphatic rings. The van der Waals surface area contributed by atoms with Gasteiger partial charge in [-0.1, -0.05) is 19.1 Å². The minimum Gasteiger partial charge on any atom is -0.379 e. The van der Waals surface area contributed by atoms with E-state index in [-0.39, 0.29) is 23.1 Å². The summed E-state index contributed by atoms with van der Waals surface area (Å²) in [4.78, 5) is 19.2. The number of morpholine rings is 1. The number of imidazole rings is 1. The number of thioether (sulfide) groups is 1. The van der Waals surface area contributed by atoms with E-state index in [2.05, 4.69) is 29.0 Å². The molecule has 3 rings (SSSR count). The van der Waals surface area contributed by atoms with Crippen molar-refractivity contribution < 1.29 is 18.3 Å². The highest BCUT2D eigenvalue weighted by molar-refractivity contribution is 7.99. The Labute approximate surface area is 167 Å². The first kappa shape index (κ1) is 21.0. The Morgan fingerprint density at radius 2 is 2.07 bits per heavy atom. The maximum absolute atomic E-state index is 12.9. The number of ether oxygens (including phenoxy) is 1. The first-order valence-electron chi connectivity index (χ1n) is 9.42. The fraction of sp³-hybridized carbons (Fsp3) is 0.579. The minimum atomic E-state index is -2.59. The highest BCUT2D eigenvalue weighted by atomic mass is 32.2. The third-order valence-electron chi connectivity index (χ3n) is 5.32. The van der Waals surface area contributed by atoms with Gasteiger partial charge in [0.05, 0.1) is 24.2 Å². The van der Waals surface area contributed by atoms with Crippen LogP contribution in [0, 0.1) is 0 Å². The number of halogens is 2. The van der Waals surface area contributed by atoms with E-state index >= 15 is 0 Å². The Morgan fingerprint density at radius 3 is 2.75 bits per heavy atom. The highest BCUT2D eigenvalue weighted by Gasteiger charge is 2.31. The Kier molecular flexibility index (Phi) is 6.90. The lowest BCUT2D eigenvalue weighted by Crippen LogP contribution is -2.57. The van der Waals surface area contributed by atoms with Gasteiger partial charge < -0.3 is 14.6 Å². The number of fused-ring (bicyclic) bond motifs is 1. The van der Waals surface area contributed by atoms with Crippen molar-refractivity contribution >= 4 is 28.7 Å². The van der Waals surface area contributed by atoms with Gasteiger partial charge in [-0.05, 0) is 37.2 Å². The summed E-state index contributed by atoms with van der Waals surface area (Å²) in [5.41, 5.74) is 1.11. The van der Waals surface area contributed by atoms with E-state index in [1.54, 1.807) is 22.8 Å². The molecule has 154 valence electrons. The molecule has 1 aromatic heterocycles. The predicted octanol–water partition coefficient (Wildman–Crippen LogP) is 2.97. The molecule has 0 unspecified atom stereocenters. The highest BCUT2D eigenvalue weighted by Crippen LogP contribution is 2.28. The third-order valence-corrected chi connectivity index (χ3v) is 6.02. The average Bonchev–Trinajstić information content (AvgIpc) is 3.03. The van der Waals surface area contributed by atoms with Gasteiger partial charge in [0.1, 0.15) is 6.54 Å². The summed E-state index contributed by atoms with van der Waals surface area (Å²) in [5.74, 6) is -2.81. The molecule has 2 heterocycles. The zero-order chi connectivity index (χ0) is 20.1. The summed E-state index contributed by atoms with van der Waals surface area (Å²) in [7, 11) is 0. The molecule has 1 amide bonds. The van der Waals surface area contributed by atoms with Crippen LogP contribution in [0.15, 0.2) is 29.4 Å². The van der Waals surface area contributed by atoms with E-state index in [1.165, 1.54) is 0 Å². The van der Waals surface area contributed by atoms with E-state index < -0.39 is 5.76 Å². The van der Waals surface area contributed by atoms with E-state index in [1.807, 2.05) is 6.07 Å². The maximum atomic E-state index is 12.9. The van der Waals surface area contributed by atoms with E-state index in [0.29, 0.717) is 42.6 Å². The molecule has 1 N–H and O–H groups in total. The average molecular weight is 413 g/mol. The molecule has 1 fully saturated rings. The Bertz CT molecular complexity index is 810. The van der Waals surface area contributed by atoms with Gasteiger partial charge in [-0.3, -0.25) is 9.69 Å². The molecule has 1 aliphatic heterocycles. The largest absolute Gasteiger partial charge is 0.379 e. The zero-order valence-corrected chi connectivity index (χ0v) is 17.0. The molecule has 6 nitrogen and oxygen atoms in total. The number of nitrogens with one attached hydrogen (secondary N) is 1. The van der Waals surface area contributed by atoms with Crippen LogP contribution in [0.25, 0.3) is 11.0 Å². The van der Waals surface area contributed by atoms with Crippen molar-refractivity contribution in [1.29, 1.82) is 0 Å². The van der Waals surface area contributed by atoms with Gasteiger partial charge in [0.15, 0.2) is 5.16 Å². The predicted molar refractivity (Wildman–Crippen MR) is 106 cm³/mol. The van der Waals surface area contributed by atoms with E-state index in [0.717, 1.165) is 19.5 Å². The second kappa shape index (κ2) is 9.19. The Hall–Kier alpha value is -1.71. The van der Waals surface area contributed by atoms with Crippen molar-refractivity contribution in [1.82, 2.24) is 19.8 Å². The number of hydrogen-bond acceptors (Lipinski definition) is 5. The van der Waals surface area contributed by atoms with Crippen LogP contribution < -0.4 is 5.32 Å². The summed E-state index contributed by atoms with van der Waals surface area (Å²) in [6, 6.07) is 7.15. The van der Waals surface area contributed by atoms with Crippen molar-refractivity contribution in [2.24, 2.45) is 0 Å². The molecule has 0 saturated carbocycles. The first-order valence-corrected chi connectivity index (χ1v) is 10.3. The van der Waals surface area contributed by atoms with Crippen LogP contribution in [-0.4, -0.2) is 64.5 Å². The molecule has 0 aliphatic carbocycles. The smallest absolute Gasteiger partial charge is 0.291 e. The normalized spacial score (nSPS) is 17.8. The number of carbonyl (C=O) groups excluding carboxylic acids is 1. The Balaban J connectivity index is 1.70. The van der Waals surface area contributed by atoms with Gasteiger partial charge in [0, 0.05) is 25.2 Å². The maximum Gasteiger partial charge on any atom is 0.291 e. The standard InChI is InChI=1S/C19H26F2N4O2S/c1-3-19(2,24-8-10-27-11-9-24)13-22-16(26)12-25-15-7-5-4-6-14(15)23-18(25)28-17(20)21/h4-7,17H,3,8-13H2,1-2H3,(H,22,26)/t19-/m1/s1. The number of benzene rings is 1. The molecule has 1 saturated heterocycles. The summed E-state index contributed by atoms with van der Waals surface area (Å²) in [5, 5.41) is 3.14. The second-order valence-electron chi connectivity index (χ2n) is 7.07. The molecule has 28 heavy (non-hydrogen) atoms. The molecule has 2 aromatic rings. The molecule has 1 aromatic carbocycles. The molecule has 9 heteroatoms. The van der Waals surface area contributed by atoms with Crippen LogP contribution >= 0.6 is 11.8 Å². The number of nitrogens with zero attached hydrogens (tertiary/aromatic N) is 3. The van der Waals surface area contributed by atoms with Crippen LogP contribution in [0.1, 0.15) is 20.3 Å². The Morgan fingerprint density at radius 1 is 1.36 bits per heavy atom. The molecule has 0 bridgehead atoms. The van der Waals surface area contributed by atoms with Gasteiger partial charge >= 0.3 is 0 Å². The lowest BCUT2D eigenvalue weighted by atomic mass is 9.95. The number of alkyl halides is 2. The minimum absolute atomic E-state index is 0.0432. The van der Waals surface area contributed by atoms with Gasteiger partial charge in [-0.15, -0.1) is 0 Å². The summed E-state index contributed by atoms with van der Waals surface area (Å²) in [6.07, 6.45) is 0.883. The lowest BCUT2D eigenvalue weighted by molar-refractivity contribution is -0.122. The van der Waals surface area contributed by atoms with Crippen molar-refractivity contribution in [2.45, 2.75) is 43.3 Å². The monoisotopic (exact) mass is 412 g/mol. The summed E-state index contributed by atoms with van der Waals surface area (Å²) < 4.78 is 32.8. The molecular weight excluding hydrogens is 386 g/mol. The number of aromatic nitrogens is 2. The fourth-order valence-electron chi connectivity index (χ4n) is 3.43. The number of amides is 1. The number of carbonyl (C=O) groups is 1. The van der Waals surface area contributed by atoms with Crippen molar-refractivity contribution in [3.05, 3.63) is 24.3 Å². The van der Waals surface area contributed by atoms with Gasteiger partial charge in [-0.2, -0.15) is 8.78 Å². The van der Waals surface area contributed by atoms with Gasteiger partial charge in [0.25, 0.3) is 5.76 Å². The van der Waals surface area contributed by atoms with E-state index in [9.17, 15) is 13.6 Å². The van der Waals surface area contributed by atoms with Crippen molar-refractivity contribution in [3.8, 4) is 0 Å². The van der Waals surface area contributed by atoms with Crippen LogP contribution in [0.4, 0.5) is 8.78 Å². The zero-order valence-electron chi connectivity index (χ0n) is 16.2. The van der Waals surface area contributed by atoms with Crippen LogP contribution in [-0.2, 0) is 16.1 Å². The topological polar surface area (TPSA) is 59.4 Å². The van der Waals surface area contributed by atoms with Crippen LogP contribution in [0.2, 0.25) is 0 Å². The second-order valence-corrected chi connectivity index (χ2v) is 8.03. The van der Waals surface area contributed by atoms with Gasteiger partial charge in [0.2, 0.25) is 5.91 Å². The molecule has 0 spiro atoms. The van der Waals surface area contributed by atoms with Crippen LogP contribution in [0.3, 0.4) is 0 Å². The summed E-state index contributed by atoms with van der Waals surface area (Å²) >= 11 is 0.360. The molecule has 1 atom stereocenters.